The van der Waals surface area contributed by atoms with Gasteiger partial charge in [-0.2, -0.15) is 0 Å². The van der Waals surface area contributed by atoms with Gasteiger partial charge in [-0.1, -0.05) is 13.0 Å². The first kappa shape index (κ1) is 28.9. The van der Waals surface area contributed by atoms with Gasteiger partial charge in [-0.05, 0) is 63.3 Å². The van der Waals surface area contributed by atoms with Gasteiger partial charge in [0.05, 0.1) is 31.1 Å². The SMILES string of the molecule is CCc1nc2c(N)ncc(-c3ccc(N4CCCC(N5CCN(C)CC5)CC4)c(OC)c3)c2nc1NC1CCCOC1. The molecule has 0 bridgehead atoms. The summed E-state index contributed by atoms with van der Waals surface area (Å²) in [5.41, 5.74) is 11.6. The lowest BCUT2D eigenvalue weighted by Gasteiger charge is -2.37. The minimum Gasteiger partial charge on any atom is -0.495 e. The van der Waals surface area contributed by atoms with Crippen molar-refractivity contribution in [2.45, 2.75) is 57.5 Å². The van der Waals surface area contributed by atoms with E-state index in [0.29, 0.717) is 24.0 Å². The summed E-state index contributed by atoms with van der Waals surface area (Å²) in [6.45, 7) is 10.4. The van der Waals surface area contributed by atoms with Crippen LogP contribution in [0.3, 0.4) is 0 Å². The summed E-state index contributed by atoms with van der Waals surface area (Å²) >= 11 is 0. The van der Waals surface area contributed by atoms with E-state index in [4.69, 9.17) is 25.2 Å². The van der Waals surface area contributed by atoms with Gasteiger partial charge in [-0.25, -0.2) is 15.0 Å². The number of ether oxygens (including phenoxy) is 2. The highest BCUT2D eigenvalue weighted by Crippen LogP contribution is 2.37. The molecule has 0 spiro atoms. The van der Waals surface area contributed by atoms with E-state index in [0.717, 1.165) is 78.6 Å². The number of aromatic nitrogens is 3. The molecule has 3 saturated heterocycles. The molecule has 10 nitrogen and oxygen atoms in total. The molecule has 2 unspecified atom stereocenters. The molecule has 3 aromatic rings. The number of nitrogen functional groups attached to an aromatic ring is 1. The largest absolute Gasteiger partial charge is 0.495 e. The van der Waals surface area contributed by atoms with Crippen molar-refractivity contribution in [2.24, 2.45) is 0 Å². The highest BCUT2D eigenvalue weighted by molar-refractivity contribution is 5.97. The van der Waals surface area contributed by atoms with Gasteiger partial charge in [0.1, 0.15) is 22.6 Å². The van der Waals surface area contributed by atoms with Gasteiger partial charge in [0.25, 0.3) is 0 Å². The summed E-state index contributed by atoms with van der Waals surface area (Å²) in [7, 11) is 3.98. The minimum atomic E-state index is 0.224. The number of fused-ring (bicyclic) bond motifs is 1. The maximum atomic E-state index is 6.33. The Morgan fingerprint density at radius 3 is 2.64 bits per heavy atom. The second kappa shape index (κ2) is 13.0. The highest BCUT2D eigenvalue weighted by atomic mass is 16.5. The molecule has 2 aromatic heterocycles. The summed E-state index contributed by atoms with van der Waals surface area (Å²) in [6, 6.07) is 7.35. The van der Waals surface area contributed by atoms with Crippen molar-refractivity contribution in [3.63, 3.8) is 0 Å². The van der Waals surface area contributed by atoms with E-state index < -0.39 is 0 Å². The first-order valence-electron chi connectivity index (χ1n) is 15.7. The molecule has 6 rings (SSSR count). The number of benzene rings is 1. The third-order valence-electron chi connectivity index (χ3n) is 9.22. The molecule has 226 valence electrons. The van der Waals surface area contributed by atoms with Crippen LogP contribution in [0.4, 0.5) is 17.3 Å². The van der Waals surface area contributed by atoms with Crippen LogP contribution in [0, 0.1) is 0 Å². The molecule has 3 aliphatic heterocycles. The van der Waals surface area contributed by atoms with Crippen LogP contribution in [0.15, 0.2) is 24.4 Å². The zero-order valence-electron chi connectivity index (χ0n) is 25.4. The van der Waals surface area contributed by atoms with Crippen LogP contribution >= 0.6 is 0 Å². The maximum absolute atomic E-state index is 6.33. The number of nitrogens with one attached hydrogen (secondary N) is 1. The number of likely N-dealkylation sites (N-methyl/N-ethyl adjacent to an activating group) is 1. The lowest BCUT2D eigenvalue weighted by molar-refractivity contribution is 0.0875. The number of nitrogens with zero attached hydrogens (tertiary/aromatic N) is 6. The van der Waals surface area contributed by atoms with Crippen molar-refractivity contribution in [3.8, 4) is 16.9 Å². The van der Waals surface area contributed by atoms with Gasteiger partial charge < -0.3 is 30.3 Å². The van der Waals surface area contributed by atoms with E-state index >= 15 is 0 Å². The molecule has 3 N–H and O–H groups in total. The highest BCUT2D eigenvalue weighted by Gasteiger charge is 2.26. The number of hydrogen-bond donors (Lipinski definition) is 2. The van der Waals surface area contributed by atoms with E-state index in [9.17, 15) is 0 Å². The Morgan fingerprint density at radius 1 is 1.02 bits per heavy atom. The van der Waals surface area contributed by atoms with Crippen molar-refractivity contribution < 1.29 is 9.47 Å². The van der Waals surface area contributed by atoms with Crippen molar-refractivity contribution in [1.82, 2.24) is 24.8 Å². The lowest BCUT2D eigenvalue weighted by atomic mass is 10.0. The van der Waals surface area contributed by atoms with E-state index in [1.54, 1.807) is 7.11 Å². The van der Waals surface area contributed by atoms with Gasteiger partial charge in [0, 0.05) is 63.7 Å². The fraction of sp³-hybridized carbons (Fsp3) is 0.594. The van der Waals surface area contributed by atoms with Crippen LogP contribution in [0.2, 0.25) is 0 Å². The average Bonchev–Trinajstić information content (AvgIpc) is 3.28. The molecule has 2 atom stereocenters. The van der Waals surface area contributed by atoms with Gasteiger partial charge in [-0.15, -0.1) is 0 Å². The Hall–Kier alpha value is -3.21. The van der Waals surface area contributed by atoms with Crippen molar-refractivity contribution in [2.75, 3.05) is 82.6 Å². The van der Waals surface area contributed by atoms with Crippen LogP contribution < -0.4 is 20.7 Å². The van der Waals surface area contributed by atoms with Crippen LogP contribution in [-0.2, 0) is 11.2 Å². The topological polar surface area (TPSA) is 105 Å². The van der Waals surface area contributed by atoms with Crippen LogP contribution in [0.1, 0.15) is 44.7 Å². The molecule has 0 saturated carbocycles. The zero-order valence-corrected chi connectivity index (χ0v) is 25.4. The molecule has 42 heavy (non-hydrogen) atoms. The summed E-state index contributed by atoms with van der Waals surface area (Å²) < 4.78 is 11.7. The number of anilines is 3. The summed E-state index contributed by atoms with van der Waals surface area (Å²) in [4.78, 5) is 22.2. The Bertz CT molecular complexity index is 1370. The molecule has 0 radical (unpaired) electrons. The van der Waals surface area contributed by atoms with Gasteiger partial charge in [0.15, 0.2) is 5.82 Å². The second-order valence-electron chi connectivity index (χ2n) is 12.0. The third-order valence-corrected chi connectivity index (χ3v) is 9.22. The summed E-state index contributed by atoms with van der Waals surface area (Å²) in [6.07, 6.45) is 8.28. The Morgan fingerprint density at radius 2 is 1.88 bits per heavy atom. The Kier molecular flexibility index (Phi) is 8.92. The number of nitrogens with two attached hydrogens (primary N) is 1. The fourth-order valence-corrected chi connectivity index (χ4v) is 6.69. The second-order valence-corrected chi connectivity index (χ2v) is 12.0. The predicted octanol–water partition coefficient (Wildman–Crippen LogP) is 4.04. The molecule has 3 fully saturated rings. The van der Waals surface area contributed by atoms with Crippen LogP contribution in [0.25, 0.3) is 22.2 Å². The number of hydrogen-bond acceptors (Lipinski definition) is 10. The quantitative estimate of drug-likeness (QED) is 0.430. The Balaban J connectivity index is 1.27. The Labute approximate surface area is 249 Å². The van der Waals surface area contributed by atoms with E-state index in [1.165, 1.54) is 45.4 Å². The zero-order chi connectivity index (χ0) is 29.1. The molecular formula is C32H46N8O2. The predicted molar refractivity (Wildman–Crippen MR) is 169 cm³/mol. The summed E-state index contributed by atoms with van der Waals surface area (Å²) in [5.74, 6) is 2.06. The third kappa shape index (κ3) is 6.11. The van der Waals surface area contributed by atoms with Gasteiger partial charge in [-0.3, -0.25) is 4.90 Å². The smallest absolute Gasteiger partial charge is 0.151 e. The molecule has 3 aliphatic rings. The van der Waals surface area contributed by atoms with Crippen molar-refractivity contribution in [1.29, 1.82) is 0 Å². The lowest BCUT2D eigenvalue weighted by Crippen LogP contribution is -2.49. The average molecular weight is 575 g/mol. The molecular weight excluding hydrogens is 528 g/mol. The first-order chi connectivity index (χ1) is 20.5. The number of aryl methyl sites for hydroxylation is 1. The molecule has 1 aromatic carbocycles. The van der Waals surface area contributed by atoms with E-state index in [1.807, 2.05) is 6.20 Å². The number of methoxy groups -OCH3 is 1. The number of pyridine rings is 1. The van der Waals surface area contributed by atoms with E-state index in [-0.39, 0.29) is 6.04 Å². The first-order valence-corrected chi connectivity index (χ1v) is 15.7. The van der Waals surface area contributed by atoms with Gasteiger partial charge in [0.2, 0.25) is 0 Å². The van der Waals surface area contributed by atoms with Crippen LogP contribution in [0.5, 0.6) is 5.75 Å². The van der Waals surface area contributed by atoms with Crippen molar-refractivity contribution in [3.05, 3.63) is 30.1 Å². The van der Waals surface area contributed by atoms with E-state index in [2.05, 4.69) is 57.2 Å². The number of piperazine rings is 1. The normalized spacial score (nSPS) is 22.7. The van der Waals surface area contributed by atoms with Crippen molar-refractivity contribution >= 4 is 28.4 Å². The molecule has 0 amide bonds. The van der Waals surface area contributed by atoms with Crippen LogP contribution in [-0.4, -0.2) is 103 Å². The minimum absolute atomic E-state index is 0.224. The standard InChI is InChI=1S/C32H46N8O2/c1-4-26-32(35-23-7-6-18-42-21-23)37-29-25(20-34-31(33)30(29)36-26)22-9-10-27(28(19-22)41-3)40-12-5-8-24(11-13-40)39-16-14-38(2)15-17-39/h9-10,19-20,23-24H,4-8,11-18,21H2,1-3H3,(H2,33,34)(H,35,37). The van der Waals surface area contributed by atoms with Gasteiger partial charge >= 0.3 is 0 Å². The maximum Gasteiger partial charge on any atom is 0.151 e. The molecule has 10 heteroatoms. The number of rotatable bonds is 7. The molecule has 0 aliphatic carbocycles. The summed E-state index contributed by atoms with van der Waals surface area (Å²) in [5, 5.41) is 3.60. The fourth-order valence-electron chi connectivity index (χ4n) is 6.69. The molecule has 5 heterocycles. The monoisotopic (exact) mass is 574 g/mol.